The molecule has 1 heterocycles. The van der Waals surface area contributed by atoms with Crippen molar-refractivity contribution in [1.29, 1.82) is 0 Å². The summed E-state index contributed by atoms with van der Waals surface area (Å²) in [5.74, 6) is 1.35. The second-order valence-corrected chi connectivity index (χ2v) is 2.93. The molecule has 0 unspecified atom stereocenters. The molecule has 0 bridgehead atoms. The minimum atomic E-state index is 0.333. The molecule has 0 atom stereocenters. The fourth-order valence-corrected chi connectivity index (χ4v) is 1.03. The van der Waals surface area contributed by atoms with Crippen molar-refractivity contribution < 1.29 is 4.74 Å². The lowest BCUT2D eigenvalue weighted by Crippen LogP contribution is -1.97. The largest absolute Gasteiger partial charge is 0.485 e. The number of H-pyrrole nitrogens is 1. The van der Waals surface area contributed by atoms with Crippen molar-refractivity contribution in [2.45, 2.75) is 13.5 Å². The highest BCUT2D eigenvalue weighted by Crippen LogP contribution is 2.12. The van der Waals surface area contributed by atoms with Crippen molar-refractivity contribution >= 4 is 0 Å². The Bertz CT molecular complexity index is 382. The summed E-state index contributed by atoms with van der Waals surface area (Å²) in [5.41, 5.74) is 1.21. The van der Waals surface area contributed by atoms with Gasteiger partial charge < -0.3 is 4.74 Å². The number of ether oxygens (including phenoxy) is 1. The van der Waals surface area contributed by atoms with E-state index in [1.54, 1.807) is 0 Å². The van der Waals surface area contributed by atoms with Gasteiger partial charge in [-0.3, -0.25) is 0 Å². The number of hydrogen-bond acceptors (Lipinski definition) is 4. The zero-order valence-corrected chi connectivity index (χ0v) is 7.77. The summed E-state index contributed by atoms with van der Waals surface area (Å²) in [5, 5.41) is 13.4. The molecule has 2 rings (SSSR count). The maximum absolute atomic E-state index is 5.42. The van der Waals surface area contributed by atoms with Gasteiger partial charge in [-0.1, -0.05) is 22.9 Å². The minimum Gasteiger partial charge on any atom is -0.485 e. The van der Waals surface area contributed by atoms with E-state index in [1.165, 1.54) is 5.56 Å². The van der Waals surface area contributed by atoms with Gasteiger partial charge in [-0.05, 0) is 19.1 Å². The van der Waals surface area contributed by atoms with Crippen LogP contribution in [-0.4, -0.2) is 20.6 Å². The summed E-state index contributed by atoms with van der Waals surface area (Å²) in [7, 11) is 0. The SMILES string of the molecule is Cc1ccc(OCc2nn[nH]n2)cc1. The van der Waals surface area contributed by atoms with Crippen LogP contribution in [0.4, 0.5) is 0 Å². The molecule has 2 aromatic rings. The lowest BCUT2D eigenvalue weighted by Gasteiger charge is -2.02. The van der Waals surface area contributed by atoms with Crippen molar-refractivity contribution in [3.05, 3.63) is 35.7 Å². The fourth-order valence-electron chi connectivity index (χ4n) is 1.03. The van der Waals surface area contributed by atoms with Crippen LogP contribution in [0, 0.1) is 6.92 Å². The van der Waals surface area contributed by atoms with Gasteiger partial charge in [-0.15, -0.1) is 10.2 Å². The van der Waals surface area contributed by atoms with E-state index in [0.717, 1.165) is 5.75 Å². The minimum absolute atomic E-state index is 0.333. The number of tetrazole rings is 1. The standard InChI is InChI=1S/C9H10N4O/c1-7-2-4-8(5-3-7)14-6-9-10-12-13-11-9/h2-5H,6H2,1H3,(H,10,11,12,13). The van der Waals surface area contributed by atoms with Crippen molar-refractivity contribution in [2.75, 3.05) is 0 Å². The van der Waals surface area contributed by atoms with Crippen molar-refractivity contribution in [1.82, 2.24) is 20.6 Å². The summed E-state index contributed by atoms with van der Waals surface area (Å²) >= 11 is 0. The van der Waals surface area contributed by atoms with Crippen LogP contribution in [0.25, 0.3) is 0 Å². The Hall–Kier alpha value is -1.91. The number of nitrogens with one attached hydrogen (secondary N) is 1. The first-order valence-corrected chi connectivity index (χ1v) is 4.26. The normalized spacial score (nSPS) is 10.1. The molecule has 72 valence electrons. The number of nitrogens with zero attached hydrogens (tertiary/aromatic N) is 3. The number of aryl methyl sites for hydroxylation is 1. The van der Waals surface area contributed by atoms with Crippen LogP contribution >= 0.6 is 0 Å². The fraction of sp³-hybridized carbons (Fsp3) is 0.222. The lowest BCUT2D eigenvalue weighted by molar-refractivity contribution is 0.296. The Kier molecular flexibility index (Phi) is 2.40. The highest BCUT2D eigenvalue weighted by atomic mass is 16.5. The highest BCUT2D eigenvalue weighted by Gasteiger charge is 1.98. The van der Waals surface area contributed by atoms with Crippen LogP contribution < -0.4 is 4.74 Å². The predicted octanol–water partition coefficient (Wildman–Crippen LogP) is 1.09. The molecule has 0 saturated heterocycles. The van der Waals surface area contributed by atoms with Crippen LogP contribution in [0.1, 0.15) is 11.4 Å². The van der Waals surface area contributed by atoms with E-state index >= 15 is 0 Å². The third kappa shape index (κ3) is 2.07. The summed E-state index contributed by atoms with van der Waals surface area (Å²) < 4.78 is 5.42. The molecular formula is C9H10N4O. The van der Waals surface area contributed by atoms with E-state index in [1.807, 2.05) is 31.2 Å². The third-order valence-electron chi connectivity index (χ3n) is 1.78. The Morgan fingerprint density at radius 3 is 2.71 bits per heavy atom. The first-order chi connectivity index (χ1) is 6.84. The first-order valence-electron chi connectivity index (χ1n) is 4.26. The first kappa shape index (κ1) is 8.68. The van der Waals surface area contributed by atoms with Crippen molar-refractivity contribution in [2.24, 2.45) is 0 Å². The smallest absolute Gasteiger partial charge is 0.211 e. The van der Waals surface area contributed by atoms with E-state index in [-0.39, 0.29) is 0 Å². The van der Waals surface area contributed by atoms with Gasteiger partial charge in [-0.2, -0.15) is 5.21 Å². The zero-order valence-electron chi connectivity index (χ0n) is 7.77. The maximum atomic E-state index is 5.42. The van der Waals surface area contributed by atoms with Gasteiger partial charge in [0.25, 0.3) is 0 Å². The molecular weight excluding hydrogens is 180 g/mol. The number of benzene rings is 1. The predicted molar refractivity (Wildman–Crippen MR) is 49.7 cm³/mol. The van der Waals surface area contributed by atoms with Crippen LogP contribution in [0.2, 0.25) is 0 Å². The third-order valence-corrected chi connectivity index (χ3v) is 1.78. The highest BCUT2D eigenvalue weighted by molar-refractivity contribution is 5.26. The van der Waals surface area contributed by atoms with Crippen LogP contribution in [0.15, 0.2) is 24.3 Å². The van der Waals surface area contributed by atoms with Gasteiger partial charge in [0, 0.05) is 0 Å². The molecule has 5 nitrogen and oxygen atoms in total. The Balaban J connectivity index is 1.95. The second kappa shape index (κ2) is 3.87. The Morgan fingerprint density at radius 2 is 2.07 bits per heavy atom. The Morgan fingerprint density at radius 1 is 1.29 bits per heavy atom. The molecule has 14 heavy (non-hydrogen) atoms. The van der Waals surface area contributed by atoms with E-state index in [4.69, 9.17) is 4.74 Å². The van der Waals surface area contributed by atoms with Gasteiger partial charge in [0.15, 0.2) is 6.61 Å². The van der Waals surface area contributed by atoms with Gasteiger partial charge in [0.1, 0.15) is 5.75 Å². The summed E-state index contributed by atoms with van der Waals surface area (Å²) in [6, 6.07) is 7.81. The molecule has 0 aliphatic heterocycles. The monoisotopic (exact) mass is 190 g/mol. The van der Waals surface area contributed by atoms with Crippen LogP contribution in [0.3, 0.4) is 0 Å². The maximum Gasteiger partial charge on any atom is 0.211 e. The summed E-state index contributed by atoms with van der Waals surface area (Å²) in [6.07, 6.45) is 0. The average Bonchev–Trinajstić information content (AvgIpc) is 2.70. The average molecular weight is 190 g/mol. The molecule has 0 saturated carbocycles. The summed E-state index contributed by atoms with van der Waals surface area (Å²) in [4.78, 5) is 0. The van der Waals surface area contributed by atoms with Crippen LogP contribution in [0.5, 0.6) is 5.75 Å². The van der Waals surface area contributed by atoms with Crippen molar-refractivity contribution in [3.8, 4) is 5.75 Å². The van der Waals surface area contributed by atoms with Crippen molar-refractivity contribution in [3.63, 3.8) is 0 Å². The molecule has 0 radical (unpaired) electrons. The van der Waals surface area contributed by atoms with E-state index in [2.05, 4.69) is 20.6 Å². The number of aromatic nitrogens is 4. The van der Waals surface area contributed by atoms with Gasteiger partial charge >= 0.3 is 0 Å². The lowest BCUT2D eigenvalue weighted by atomic mass is 10.2. The zero-order chi connectivity index (χ0) is 9.80. The molecule has 1 aromatic heterocycles. The van der Waals surface area contributed by atoms with Crippen LogP contribution in [-0.2, 0) is 6.61 Å². The quantitative estimate of drug-likeness (QED) is 0.786. The van der Waals surface area contributed by atoms with Gasteiger partial charge in [0.05, 0.1) is 0 Å². The van der Waals surface area contributed by atoms with Gasteiger partial charge in [-0.25, -0.2) is 0 Å². The molecule has 5 heteroatoms. The second-order valence-electron chi connectivity index (χ2n) is 2.93. The topological polar surface area (TPSA) is 63.7 Å². The molecule has 1 N–H and O–H groups in total. The Labute approximate surface area is 81.1 Å². The molecule has 0 spiro atoms. The molecule has 1 aromatic carbocycles. The summed E-state index contributed by atoms with van der Waals surface area (Å²) in [6.45, 7) is 2.36. The number of rotatable bonds is 3. The molecule has 0 amide bonds. The number of hydrogen-bond donors (Lipinski definition) is 1. The van der Waals surface area contributed by atoms with E-state index in [9.17, 15) is 0 Å². The molecule has 0 fully saturated rings. The number of aromatic amines is 1. The van der Waals surface area contributed by atoms with Gasteiger partial charge in [0.2, 0.25) is 5.82 Å². The van der Waals surface area contributed by atoms with E-state index < -0.39 is 0 Å². The molecule has 0 aliphatic carbocycles. The molecule has 0 aliphatic rings. The van der Waals surface area contributed by atoms with E-state index in [0.29, 0.717) is 12.4 Å².